The summed E-state index contributed by atoms with van der Waals surface area (Å²) >= 11 is 0. The summed E-state index contributed by atoms with van der Waals surface area (Å²) in [5, 5.41) is 9.40. The van der Waals surface area contributed by atoms with E-state index in [4.69, 9.17) is 0 Å². The van der Waals surface area contributed by atoms with Crippen LogP contribution in [0.4, 0.5) is 0 Å². The van der Waals surface area contributed by atoms with Crippen molar-refractivity contribution in [2.24, 2.45) is 0 Å². The van der Waals surface area contributed by atoms with Gasteiger partial charge in [-0.2, -0.15) is 0 Å². The van der Waals surface area contributed by atoms with E-state index < -0.39 is 22.0 Å². The number of aliphatic carboxylic acids is 1. The number of carboxylic acids is 1. The molecule has 0 amide bonds. The maximum Gasteiger partial charge on any atom is 0.320 e. The Bertz CT molecular complexity index is 658. The number of benzene rings is 1. The molecule has 0 spiro atoms. The lowest BCUT2D eigenvalue weighted by atomic mass is 10.1. The third-order valence-electron chi connectivity index (χ3n) is 4.28. The largest absolute Gasteiger partial charge is 0.480 e. The number of nitrogens with one attached hydrogen (secondary N) is 1. The summed E-state index contributed by atoms with van der Waals surface area (Å²) in [6.07, 6.45) is 0.592. The zero-order chi connectivity index (χ0) is 17.2. The van der Waals surface area contributed by atoms with E-state index >= 15 is 0 Å². The molecule has 2 rings (SSSR count). The molecule has 2 N–H and O–H groups in total. The molecule has 128 valence electrons. The summed E-state index contributed by atoms with van der Waals surface area (Å²) in [6.45, 7) is 1.17. The number of carbonyl (C=O) groups is 1. The van der Waals surface area contributed by atoms with Gasteiger partial charge in [-0.25, -0.2) is 13.1 Å². The van der Waals surface area contributed by atoms with Crippen molar-refractivity contribution in [3.05, 3.63) is 29.8 Å². The van der Waals surface area contributed by atoms with Gasteiger partial charge < -0.3 is 10.0 Å². The molecule has 0 aliphatic carbocycles. The van der Waals surface area contributed by atoms with Crippen LogP contribution in [0.25, 0.3) is 0 Å². The third kappa shape index (κ3) is 4.08. The molecule has 1 heterocycles. The highest BCUT2D eigenvalue weighted by Gasteiger charge is 2.37. The van der Waals surface area contributed by atoms with Gasteiger partial charge >= 0.3 is 5.97 Å². The lowest BCUT2D eigenvalue weighted by Gasteiger charge is -2.22. The van der Waals surface area contributed by atoms with E-state index in [-0.39, 0.29) is 10.9 Å². The number of likely N-dealkylation sites (N-methyl/N-ethyl adjacent to an activating group) is 1. The highest BCUT2D eigenvalue weighted by Crippen LogP contribution is 2.23. The van der Waals surface area contributed by atoms with E-state index in [0.29, 0.717) is 19.5 Å². The number of hydrogen-bond acceptors (Lipinski definition) is 5. The quantitative estimate of drug-likeness (QED) is 0.767. The predicted octanol–water partition coefficient (Wildman–Crippen LogP) is 0.184. The number of rotatable bonds is 6. The average molecular weight is 341 g/mol. The second-order valence-electron chi connectivity index (χ2n) is 5.99. The molecule has 0 aromatic heterocycles. The van der Waals surface area contributed by atoms with Crippen LogP contribution in [0.3, 0.4) is 0 Å². The van der Waals surface area contributed by atoms with E-state index in [1.54, 1.807) is 12.1 Å². The zero-order valence-electron chi connectivity index (χ0n) is 13.6. The fourth-order valence-corrected chi connectivity index (χ4v) is 3.54. The Morgan fingerprint density at radius 3 is 2.43 bits per heavy atom. The van der Waals surface area contributed by atoms with Gasteiger partial charge in [0.25, 0.3) is 0 Å². The Morgan fingerprint density at radius 1 is 1.35 bits per heavy atom. The molecule has 1 aliphatic rings. The molecule has 1 saturated heterocycles. The fraction of sp³-hybridized carbons (Fsp3) is 0.533. The van der Waals surface area contributed by atoms with Gasteiger partial charge in [0, 0.05) is 19.1 Å². The Hall–Kier alpha value is -1.48. The summed E-state index contributed by atoms with van der Waals surface area (Å²) in [5.74, 6) is -0.816. The predicted molar refractivity (Wildman–Crippen MR) is 86.6 cm³/mol. The number of sulfonamides is 1. The van der Waals surface area contributed by atoms with Gasteiger partial charge in [-0.3, -0.25) is 9.69 Å². The topological polar surface area (TPSA) is 90.0 Å². The molecule has 7 nitrogen and oxygen atoms in total. The maximum absolute atomic E-state index is 11.7. The first-order valence-corrected chi connectivity index (χ1v) is 8.88. The van der Waals surface area contributed by atoms with Crippen molar-refractivity contribution in [1.82, 2.24) is 14.5 Å². The van der Waals surface area contributed by atoms with Crippen LogP contribution in [0.1, 0.15) is 12.0 Å². The summed E-state index contributed by atoms with van der Waals surface area (Å²) in [4.78, 5) is 15.6. The van der Waals surface area contributed by atoms with Crippen molar-refractivity contribution < 1.29 is 18.3 Å². The van der Waals surface area contributed by atoms with Crippen LogP contribution in [0.15, 0.2) is 29.2 Å². The van der Waals surface area contributed by atoms with Crippen LogP contribution in [0.2, 0.25) is 0 Å². The molecule has 2 atom stereocenters. The Labute approximate surface area is 136 Å². The van der Waals surface area contributed by atoms with Gasteiger partial charge in [0.05, 0.1) is 4.90 Å². The second kappa shape index (κ2) is 6.96. The molecular weight excluding hydrogens is 318 g/mol. The number of likely N-dealkylation sites (tertiary alicyclic amines) is 1. The van der Waals surface area contributed by atoms with Crippen LogP contribution >= 0.6 is 0 Å². The van der Waals surface area contributed by atoms with E-state index in [2.05, 4.69) is 4.72 Å². The van der Waals surface area contributed by atoms with Crippen LogP contribution in [-0.2, 0) is 21.4 Å². The lowest BCUT2D eigenvalue weighted by molar-refractivity contribution is -0.142. The van der Waals surface area contributed by atoms with Crippen LogP contribution in [0, 0.1) is 0 Å². The Morgan fingerprint density at radius 2 is 1.96 bits per heavy atom. The van der Waals surface area contributed by atoms with Crippen LogP contribution < -0.4 is 4.72 Å². The van der Waals surface area contributed by atoms with E-state index in [1.807, 2.05) is 23.9 Å². The first-order valence-electron chi connectivity index (χ1n) is 7.40. The smallest absolute Gasteiger partial charge is 0.320 e. The highest BCUT2D eigenvalue weighted by molar-refractivity contribution is 7.89. The number of nitrogens with zero attached hydrogens (tertiary/aromatic N) is 2. The molecule has 1 fully saturated rings. The number of carboxylic acid groups (broad SMARTS) is 1. The first kappa shape index (κ1) is 17.9. The molecule has 1 aliphatic heterocycles. The summed E-state index contributed by atoms with van der Waals surface area (Å²) in [6, 6.07) is 6.23. The second-order valence-corrected chi connectivity index (χ2v) is 7.87. The molecular formula is C15H23N3O4S. The van der Waals surface area contributed by atoms with Gasteiger partial charge in [0.2, 0.25) is 10.0 Å². The molecule has 8 heteroatoms. The van der Waals surface area contributed by atoms with Gasteiger partial charge in [-0.15, -0.1) is 0 Å². The van der Waals surface area contributed by atoms with Crippen molar-refractivity contribution in [1.29, 1.82) is 0 Å². The van der Waals surface area contributed by atoms with Crippen molar-refractivity contribution in [3.63, 3.8) is 0 Å². The molecule has 0 bridgehead atoms. The minimum absolute atomic E-state index is 0.200. The standard InChI is InChI=1S/C15H23N3O4S/c1-16-23(21,22)13-6-4-11(5-7-13)9-18-10-12(17(2)3)8-14(18)15(19)20/h4-7,12,14,16H,8-10H2,1-3H3,(H,19,20)/t12-,14+/m1/s1. The summed E-state index contributed by atoms with van der Waals surface area (Å²) < 4.78 is 25.7. The number of hydrogen-bond donors (Lipinski definition) is 2. The van der Waals surface area contributed by atoms with E-state index in [1.165, 1.54) is 19.2 Å². The maximum atomic E-state index is 11.7. The minimum Gasteiger partial charge on any atom is -0.480 e. The van der Waals surface area contributed by atoms with Crippen LogP contribution in [0.5, 0.6) is 0 Å². The van der Waals surface area contributed by atoms with Gasteiger partial charge in [0.15, 0.2) is 0 Å². The molecule has 0 radical (unpaired) electrons. The van der Waals surface area contributed by atoms with Gasteiger partial charge in [0.1, 0.15) is 6.04 Å². The van der Waals surface area contributed by atoms with Gasteiger partial charge in [-0.05, 0) is 45.3 Å². The molecule has 23 heavy (non-hydrogen) atoms. The summed E-state index contributed by atoms with van der Waals surface area (Å²) in [5.41, 5.74) is 0.894. The van der Waals surface area contributed by atoms with E-state index in [0.717, 1.165) is 5.56 Å². The fourth-order valence-electron chi connectivity index (χ4n) is 2.81. The molecule has 0 saturated carbocycles. The molecule has 0 unspecified atom stereocenters. The Kier molecular flexibility index (Phi) is 5.41. The molecule has 1 aromatic carbocycles. The van der Waals surface area contributed by atoms with Crippen molar-refractivity contribution in [3.8, 4) is 0 Å². The Balaban J connectivity index is 2.13. The first-order chi connectivity index (χ1) is 10.7. The van der Waals surface area contributed by atoms with E-state index in [9.17, 15) is 18.3 Å². The zero-order valence-corrected chi connectivity index (χ0v) is 14.4. The average Bonchev–Trinajstić information content (AvgIpc) is 2.92. The van der Waals surface area contributed by atoms with Crippen molar-refractivity contribution in [2.75, 3.05) is 27.7 Å². The van der Waals surface area contributed by atoms with Gasteiger partial charge in [-0.1, -0.05) is 12.1 Å². The van der Waals surface area contributed by atoms with Crippen molar-refractivity contribution in [2.45, 2.75) is 29.9 Å². The third-order valence-corrected chi connectivity index (χ3v) is 5.71. The highest BCUT2D eigenvalue weighted by atomic mass is 32.2. The van der Waals surface area contributed by atoms with Crippen molar-refractivity contribution >= 4 is 16.0 Å². The minimum atomic E-state index is -3.45. The normalized spacial score (nSPS) is 22.6. The summed E-state index contributed by atoms with van der Waals surface area (Å²) in [7, 11) is 1.81. The molecule has 1 aromatic rings. The monoisotopic (exact) mass is 341 g/mol. The SMILES string of the molecule is CNS(=O)(=O)c1ccc(CN2C[C@H](N(C)C)C[C@H]2C(=O)O)cc1. The lowest BCUT2D eigenvalue weighted by Crippen LogP contribution is -2.35. The van der Waals surface area contributed by atoms with Crippen LogP contribution in [-0.4, -0.2) is 69.1 Å².